The molecular formula is C8H10Br2O3. The van der Waals surface area contributed by atoms with Crippen molar-refractivity contribution in [2.75, 3.05) is 0 Å². The molecule has 0 aliphatic rings. The lowest BCUT2D eigenvalue weighted by Crippen LogP contribution is -2.43. The molecule has 13 heavy (non-hydrogen) atoms. The van der Waals surface area contributed by atoms with E-state index in [4.69, 9.17) is 5.11 Å². The van der Waals surface area contributed by atoms with Crippen LogP contribution in [0.25, 0.3) is 0 Å². The van der Waals surface area contributed by atoms with Crippen molar-refractivity contribution in [2.45, 2.75) is 22.5 Å². The van der Waals surface area contributed by atoms with Gasteiger partial charge in [0.2, 0.25) is 0 Å². The topological polar surface area (TPSA) is 54.4 Å². The Bertz CT molecular complexity index is 240. The minimum absolute atomic E-state index is 0.239. The Balaban J connectivity index is 4.87. The van der Waals surface area contributed by atoms with Crippen LogP contribution in [-0.2, 0) is 9.59 Å². The Kier molecular flexibility index (Phi) is 4.85. The predicted molar refractivity (Wildman–Crippen MR) is 57.5 cm³/mol. The number of carboxylic acids is 1. The number of carbonyl (C=O) groups excluding carboxylic acids is 1. The summed E-state index contributed by atoms with van der Waals surface area (Å²) in [6.07, 6.45) is 1.78. The summed E-state index contributed by atoms with van der Waals surface area (Å²) in [5, 5.41) is 8.73. The van der Waals surface area contributed by atoms with Gasteiger partial charge >= 0.3 is 5.97 Å². The third kappa shape index (κ3) is 2.91. The highest BCUT2D eigenvalue weighted by Crippen LogP contribution is 2.33. The highest BCUT2D eigenvalue weighted by Gasteiger charge is 2.42. The first-order valence-electron chi connectivity index (χ1n) is 3.54. The van der Waals surface area contributed by atoms with Gasteiger partial charge in [0.1, 0.15) is 14.9 Å². The molecule has 1 N–H and O–H groups in total. The van der Waals surface area contributed by atoms with E-state index in [0.717, 1.165) is 0 Å². The molecule has 0 bridgehead atoms. The monoisotopic (exact) mass is 312 g/mol. The van der Waals surface area contributed by atoms with E-state index in [2.05, 4.69) is 38.4 Å². The number of halogens is 2. The van der Waals surface area contributed by atoms with Gasteiger partial charge in [-0.25, -0.2) is 0 Å². The van der Waals surface area contributed by atoms with Crippen molar-refractivity contribution in [2.24, 2.45) is 0 Å². The summed E-state index contributed by atoms with van der Waals surface area (Å²) in [4.78, 5) is 20.9. The van der Waals surface area contributed by atoms with Gasteiger partial charge in [0.25, 0.3) is 0 Å². The molecule has 0 heterocycles. The summed E-state index contributed by atoms with van der Waals surface area (Å²) < 4.78 is -1.10. The van der Waals surface area contributed by atoms with Gasteiger partial charge in [-0.2, -0.15) is 0 Å². The van der Waals surface area contributed by atoms with Gasteiger partial charge < -0.3 is 5.11 Å². The zero-order valence-electron chi connectivity index (χ0n) is 7.09. The van der Waals surface area contributed by atoms with Crippen LogP contribution in [-0.4, -0.2) is 26.0 Å². The van der Waals surface area contributed by atoms with E-state index in [9.17, 15) is 9.59 Å². The molecule has 0 radical (unpaired) electrons. The number of rotatable bonds is 5. The average molecular weight is 314 g/mol. The van der Waals surface area contributed by atoms with Crippen LogP contribution in [0.15, 0.2) is 12.7 Å². The highest BCUT2D eigenvalue weighted by molar-refractivity contribution is 9.13. The second-order valence-corrected chi connectivity index (χ2v) is 4.94. The standard InChI is InChI=1S/C8H10Br2O3/c1-3-4-8(10,5(2)11)6(9)7(12)13/h3,6H,1,4H2,2H3,(H,12,13). The Morgan fingerprint density at radius 3 is 2.38 bits per heavy atom. The quantitative estimate of drug-likeness (QED) is 0.625. The maximum atomic E-state index is 11.2. The number of allylic oxidation sites excluding steroid dienone is 1. The molecule has 0 aliphatic heterocycles. The van der Waals surface area contributed by atoms with Gasteiger partial charge in [-0.1, -0.05) is 37.9 Å². The molecule has 0 saturated carbocycles. The summed E-state index contributed by atoms with van der Waals surface area (Å²) in [6.45, 7) is 4.82. The molecule has 5 heteroatoms. The maximum Gasteiger partial charge on any atom is 0.319 e. The molecule has 3 nitrogen and oxygen atoms in total. The Morgan fingerprint density at radius 2 is 2.15 bits per heavy atom. The molecule has 0 spiro atoms. The lowest BCUT2D eigenvalue weighted by atomic mass is 9.97. The Hall–Kier alpha value is -0.160. The summed E-state index contributed by atoms with van der Waals surface area (Å²) in [7, 11) is 0. The van der Waals surface area contributed by atoms with Crippen LogP contribution >= 0.6 is 31.9 Å². The fourth-order valence-electron chi connectivity index (χ4n) is 0.831. The van der Waals surface area contributed by atoms with Crippen LogP contribution in [0, 0.1) is 0 Å². The van der Waals surface area contributed by atoms with Crippen molar-refractivity contribution in [3.63, 3.8) is 0 Å². The third-order valence-corrected chi connectivity index (χ3v) is 4.77. The van der Waals surface area contributed by atoms with E-state index in [1.165, 1.54) is 13.0 Å². The lowest BCUT2D eigenvalue weighted by Gasteiger charge is -2.25. The van der Waals surface area contributed by atoms with E-state index < -0.39 is 15.1 Å². The number of Topliss-reactive ketones (excluding diaryl/α,β-unsaturated/α-hetero) is 1. The van der Waals surface area contributed by atoms with E-state index in [-0.39, 0.29) is 12.2 Å². The van der Waals surface area contributed by atoms with Crippen molar-refractivity contribution in [1.29, 1.82) is 0 Å². The number of carbonyl (C=O) groups is 2. The van der Waals surface area contributed by atoms with Crippen LogP contribution < -0.4 is 0 Å². The first-order chi connectivity index (χ1) is 5.86. The molecule has 2 unspecified atom stereocenters. The molecule has 0 saturated heterocycles. The SMILES string of the molecule is C=CCC(Br)(C(C)=O)C(Br)C(=O)O. The summed E-state index contributed by atoms with van der Waals surface area (Å²) in [6, 6.07) is 0. The number of carboxylic acid groups (broad SMARTS) is 1. The fraction of sp³-hybridized carbons (Fsp3) is 0.500. The van der Waals surface area contributed by atoms with Gasteiger partial charge in [0.15, 0.2) is 0 Å². The Labute approximate surface area is 93.5 Å². The Morgan fingerprint density at radius 1 is 1.69 bits per heavy atom. The highest BCUT2D eigenvalue weighted by atomic mass is 79.9. The fourth-order valence-corrected chi connectivity index (χ4v) is 1.77. The second kappa shape index (κ2) is 4.91. The molecule has 74 valence electrons. The molecule has 0 aliphatic carbocycles. The largest absolute Gasteiger partial charge is 0.480 e. The van der Waals surface area contributed by atoms with Gasteiger partial charge in [0.05, 0.1) is 0 Å². The van der Waals surface area contributed by atoms with Crippen LogP contribution in [0.3, 0.4) is 0 Å². The normalized spacial score (nSPS) is 17.2. The summed E-state index contributed by atoms with van der Waals surface area (Å²) in [5.41, 5.74) is 0. The number of alkyl halides is 2. The van der Waals surface area contributed by atoms with Crippen molar-refractivity contribution in [1.82, 2.24) is 0 Å². The lowest BCUT2D eigenvalue weighted by molar-refractivity contribution is -0.138. The van der Waals surface area contributed by atoms with Crippen LogP contribution in [0.5, 0.6) is 0 Å². The number of hydrogen-bond donors (Lipinski definition) is 1. The van der Waals surface area contributed by atoms with Crippen LogP contribution in [0.1, 0.15) is 13.3 Å². The zero-order chi connectivity index (χ0) is 10.6. The van der Waals surface area contributed by atoms with Crippen molar-refractivity contribution in [3.8, 4) is 0 Å². The van der Waals surface area contributed by atoms with Gasteiger partial charge in [-0.05, 0) is 13.3 Å². The van der Waals surface area contributed by atoms with Crippen molar-refractivity contribution >= 4 is 43.6 Å². The first kappa shape index (κ1) is 12.8. The van der Waals surface area contributed by atoms with E-state index in [0.29, 0.717) is 0 Å². The first-order valence-corrected chi connectivity index (χ1v) is 5.25. The smallest absolute Gasteiger partial charge is 0.319 e. The molecule has 2 atom stereocenters. The molecule has 0 amide bonds. The average Bonchev–Trinajstić information content (AvgIpc) is 2.02. The van der Waals surface area contributed by atoms with Gasteiger partial charge in [0, 0.05) is 0 Å². The molecular weight excluding hydrogens is 304 g/mol. The minimum atomic E-state index is -1.10. The van der Waals surface area contributed by atoms with Gasteiger partial charge in [-0.15, -0.1) is 6.58 Å². The number of aliphatic carboxylic acids is 1. The summed E-state index contributed by atoms with van der Waals surface area (Å²) >= 11 is 6.08. The maximum absolute atomic E-state index is 11.2. The van der Waals surface area contributed by atoms with E-state index >= 15 is 0 Å². The molecule has 0 rings (SSSR count). The second-order valence-electron chi connectivity index (χ2n) is 2.61. The van der Waals surface area contributed by atoms with Crippen LogP contribution in [0.4, 0.5) is 0 Å². The third-order valence-electron chi connectivity index (χ3n) is 1.65. The predicted octanol–water partition coefficient (Wildman–Crippen LogP) is 2.13. The number of ketones is 1. The van der Waals surface area contributed by atoms with Crippen LogP contribution in [0.2, 0.25) is 0 Å². The van der Waals surface area contributed by atoms with E-state index in [1.54, 1.807) is 0 Å². The minimum Gasteiger partial charge on any atom is -0.480 e. The van der Waals surface area contributed by atoms with Crippen molar-refractivity contribution < 1.29 is 14.7 Å². The number of hydrogen-bond acceptors (Lipinski definition) is 2. The molecule has 0 aromatic heterocycles. The van der Waals surface area contributed by atoms with Crippen molar-refractivity contribution in [3.05, 3.63) is 12.7 Å². The summed E-state index contributed by atoms with van der Waals surface area (Å²) in [5.74, 6) is -1.31. The molecule has 0 aromatic carbocycles. The molecule has 0 fully saturated rings. The zero-order valence-corrected chi connectivity index (χ0v) is 10.3. The van der Waals surface area contributed by atoms with E-state index in [1.807, 2.05) is 0 Å². The van der Waals surface area contributed by atoms with Gasteiger partial charge in [-0.3, -0.25) is 9.59 Å². The molecule has 0 aromatic rings.